The van der Waals surface area contributed by atoms with Crippen molar-refractivity contribution in [2.45, 2.75) is 6.54 Å². The molecule has 1 heterocycles. The Balaban J connectivity index is 1.48. The number of carbonyl (C=O) groups is 1. The quantitative estimate of drug-likeness (QED) is 0.720. The third-order valence-electron chi connectivity index (χ3n) is 4.86. The number of nitrogens with one attached hydrogen (secondary N) is 1. The fraction of sp³-hybridized carbons (Fsp3) is 0.227. The van der Waals surface area contributed by atoms with Crippen LogP contribution in [-0.2, 0) is 11.3 Å². The number of carbonyl (C=O) groups excluding carboxylic acids is 1. The predicted octanol–water partition coefficient (Wildman–Crippen LogP) is 4.58. The highest BCUT2D eigenvalue weighted by Crippen LogP contribution is 2.24. The minimum Gasteiger partial charge on any atom is -0.381 e. The first kappa shape index (κ1) is 17.8. The standard InChI is InChI=1S/C22H21ClN2O2/c23-21-14-18(8-9-20(21)22(26)25-10-12-27-13-11-25)24-15-17-6-3-5-16-4-1-2-7-19(16)17/h1-9,14,24H,10-13,15H2. The van der Waals surface area contributed by atoms with E-state index in [1.165, 1.54) is 16.3 Å². The molecule has 3 aromatic carbocycles. The number of ether oxygens (including phenoxy) is 1. The Labute approximate surface area is 163 Å². The number of benzene rings is 3. The molecule has 5 heteroatoms. The Morgan fingerprint density at radius 3 is 2.63 bits per heavy atom. The van der Waals surface area contributed by atoms with Gasteiger partial charge in [-0.15, -0.1) is 0 Å². The Bertz CT molecular complexity index is 962. The van der Waals surface area contributed by atoms with Crippen molar-refractivity contribution in [3.8, 4) is 0 Å². The number of hydrogen-bond acceptors (Lipinski definition) is 3. The number of amides is 1. The van der Waals surface area contributed by atoms with Crippen LogP contribution in [0.25, 0.3) is 10.8 Å². The summed E-state index contributed by atoms with van der Waals surface area (Å²) in [6.45, 7) is 3.06. The van der Waals surface area contributed by atoms with Crippen LogP contribution < -0.4 is 5.32 Å². The molecule has 0 atom stereocenters. The predicted molar refractivity (Wildman–Crippen MR) is 109 cm³/mol. The molecule has 1 amide bonds. The fourth-order valence-electron chi connectivity index (χ4n) is 3.38. The maximum Gasteiger partial charge on any atom is 0.255 e. The van der Waals surface area contributed by atoms with E-state index in [0.29, 0.717) is 43.4 Å². The number of rotatable bonds is 4. The van der Waals surface area contributed by atoms with Gasteiger partial charge in [-0.2, -0.15) is 0 Å². The highest BCUT2D eigenvalue weighted by atomic mass is 35.5. The Kier molecular flexibility index (Phi) is 5.28. The van der Waals surface area contributed by atoms with Crippen molar-refractivity contribution < 1.29 is 9.53 Å². The monoisotopic (exact) mass is 380 g/mol. The second-order valence-electron chi connectivity index (χ2n) is 6.59. The van der Waals surface area contributed by atoms with Gasteiger partial charge in [-0.25, -0.2) is 0 Å². The Hall–Kier alpha value is -2.56. The van der Waals surface area contributed by atoms with Crippen molar-refractivity contribution in [3.05, 3.63) is 76.8 Å². The van der Waals surface area contributed by atoms with Crippen molar-refractivity contribution >= 4 is 34.0 Å². The highest BCUT2D eigenvalue weighted by molar-refractivity contribution is 6.34. The van der Waals surface area contributed by atoms with Gasteiger partial charge in [0.15, 0.2) is 0 Å². The zero-order chi connectivity index (χ0) is 18.6. The van der Waals surface area contributed by atoms with Gasteiger partial charge in [0, 0.05) is 25.3 Å². The summed E-state index contributed by atoms with van der Waals surface area (Å²) in [4.78, 5) is 14.4. The van der Waals surface area contributed by atoms with Crippen molar-refractivity contribution in [2.75, 3.05) is 31.6 Å². The normalized spacial score (nSPS) is 14.3. The van der Waals surface area contributed by atoms with Crippen LogP contribution in [-0.4, -0.2) is 37.1 Å². The number of nitrogens with zero attached hydrogens (tertiary/aromatic N) is 1. The van der Waals surface area contributed by atoms with E-state index in [2.05, 4.69) is 41.7 Å². The third kappa shape index (κ3) is 3.92. The summed E-state index contributed by atoms with van der Waals surface area (Å²) < 4.78 is 5.30. The molecule has 0 unspecified atom stereocenters. The van der Waals surface area contributed by atoms with Crippen LogP contribution in [0.5, 0.6) is 0 Å². The highest BCUT2D eigenvalue weighted by Gasteiger charge is 2.20. The first-order valence-corrected chi connectivity index (χ1v) is 9.47. The first-order chi connectivity index (χ1) is 13.2. The lowest BCUT2D eigenvalue weighted by Crippen LogP contribution is -2.40. The summed E-state index contributed by atoms with van der Waals surface area (Å²) in [7, 11) is 0. The van der Waals surface area contributed by atoms with E-state index in [9.17, 15) is 4.79 Å². The Morgan fingerprint density at radius 1 is 1.04 bits per heavy atom. The summed E-state index contributed by atoms with van der Waals surface area (Å²) in [5.41, 5.74) is 2.65. The smallest absolute Gasteiger partial charge is 0.255 e. The van der Waals surface area contributed by atoms with E-state index < -0.39 is 0 Å². The van der Waals surface area contributed by atoms with Gasteiger partial charge in [0.25, 0.3) is 5.91 Å². The van der Waals surface area contributed by atoms with Crippen LogP contribution in [0.3, 0.4) is 0 Å². The molecule has 1 fully saturated rings. The van der Waals surface area contributed by atoms with Crippen LogP contribution >= 0.6 is 11.6 Å². The van der Waals surface area contributed by atoms with Gasteiger partial charge in [-0.05, 0) is 34.5 Å². The van der Waals surface area contributed by atoms with Gasteiger partial charge < -0.3 is 15.0 Å². The van der Waals surface area contributed by atoms with Crippen LogP contribution in [0.2, 0.25) is 5.02 Å². The molecule has 1 aliphatic rings. The average Bonchev–Trinajstić information content (AvgIpc) is 2.72. The van der Waals surface area contributed by atoms with E-state index >= 15 is 0 Å². The van der Waals surface area contributed by atoms with Crippen LogP contribution in [0, 0.1) is 0 Å². The molecule has 0 spiro atoms. The van der Waals surface area contributed by atoms with Crippen molar-refractivity contribution in [2.24, 2.45) is 0 Å². The molecule has 0 aromatic heterocycles. The number of anilines is 1. The summed E-state index contributed by atoms with van der Waals surface area (Å²) in [5.74, 6) is -0.0381. The molecule has 1 saturated heterocycles. The first-order valence-electron chi connectivity index (χ1n) is 9.09. The van der Waals surface area contributed by atoms with Crippen molar-refractivity contribution in [1.82, 2.24) is 4.90 Å². The third-order valence-corrected chi connectivity index (χ3v) is 5.17. The molecule has 0 radical (unpaired) electrons. The average molecular weight is 381 g/mol. The van der Waals surface area contributed by atoms with Crippen molar-refractivity contribution in [3.63, 3.8) is 0 Å². The molecule has 4 rings (SSSR count). The van der Waals surface area contributed by atoms with Gasteiger partial charge in [0.1, 0.15) is 0 Å². The van der Waals surface area contributed by atoms with E-state index in [-0.39, 0.29) is 5.91 Å². The summed E-state index contributed by atoms with van der Waals surface area (Å²) in [6.07, 6.45) is 0. The molecule has 27 heavy (non-hydrogen) atoms. The van der Waals surface area contributed by atoms with Gasteiger partial charge in [0.05, 0.1) is 23.8 Å². The van der Waals surface area contributed by atoms with Gasteiger partial charge >= 0.3 is 0 Å². The zero-order valence-corrected chi connectivity index (χ0v) is 15.7. The fourth-order valence-corrected chi connectivity index (χ4v) is 3.64. The molecule has 0 saturated carbocycles. The minimum absolute atomic E-state index is 0.0381. The van der Waals surface area contributed by atoms with E-state index in [0.717, 1.165) is 5.69 Å². The molecular formula is C22H21ClN2O2. The van der Waals surface area contributed by atoms with Crippen molar-refractivity contribution in [1.29, 1.82) is 0 Å². The molecule has 3 aromatic rings. The van der Waals surface area contributed by atoms with Crippen LogP contribution in [0.15, 0.2) is 60.7 Å². The Morgan fingerprint density at radius 2 is 1.81 bits per heavy atom. The lowest BCUT2D eigenvalue weighted by atomic mass is 10.0. The second kappa shape index (κ2) is 7.99. The number of halogens is 1. The maximum absolute atomic E-state index is 12.6. The maximum atomic E-state index is 12.6. The van der Waals surface area contributed by atoms with Gasteiger partial charge in [-0.3, -0.25) is 4.79 Å². The minimum atomic E-state index is -0.0381. The molecule has 138 valence electrons. The van der Waals surface area contributed by atoms with Crippen LogP contribution in [0.1, 0.15) is 15.9 Å². The molecule has 0 bridgehead atoms. The SMILES string of the molecule is O=C(c1ccc(NCc2cccc3ccccc23)cc1Cl)N1CCOCC1. The largest absolute Gasteiger partial charge is 0.381 e. The van der Waals surface area contributed by atoms with Gasteiger partial charge in [-0.1, -0.05) is 54.1 Å². The summed E-state index contributed by atoms with van der Waals surface area (Å²) >= 11 is 6.40. The van der Waals surface area contributed by atoms with E-state index in [1.807, 2.05) is 18.2 Å². The topological polar surface area (TPSA) is 41.6 Å². The number of morpholine rings is 1. The second-order valence-corrected chi connectivity index (χ2v) is 7.00. The zero-order valence-electron chi connectivity index (χ0n) is 15.0. The molecule has 1 aliphatic heterocycles. The van der Waals surface area contributed by atoms with Crippen LogP contribution in [0.4, 0.5) is 5.69 Å². The lowest BCUT2D eigenvalue weighted by Gasteiger charge is -2.27. The van der Waals surface area contributed by atoms with E-state index in [4.69, 9.17) is 16.3 Å². The molecular weight excluding hydrogens is 360 g/mol. The van der Waals surface area contributed by atoms with E-state index in [1.54, 1.807) is 11.0 Å². The van der Waals surface area contributed by atoms with Gasteiger partial charge in [0.2, 0.25) is 0 Å². The lowest BCUT2D eigenvalue weighted by molar-refractivity contribution is 0.0303. The summed E-state index contributed by atoms with van der Waals surface area (Å²) in [6, 6.07) is 20.2. The summed E-state index contributed by atoms with van der Waals surface area (Å²) in [5, 5.41) is 6.33. The molecule has 4 nitrogen and oxygen atoms in total. The molecule has 0 aliphatic carbocycles. The number of hydrogen-bond donors (Lipinski definition) is 1. The number of fused-ring (bicyclic) bond motifs is 1. The molecule has 1 N–H and O–H groups in total.